The van der Waals surface area contributed by atoms with E-state index in [1.807, 2.05) is 0 Å². The van der Waals surface area contributed by atoms with E-state index in [4.69, 9.17) is 4.74 Å². The van der Waals surface area contributed by atoms with Crippen molar-refractivity contribution >= 4 is 28.6 Å². The maximum absolute atomic E-state index is 14.4. The van der Waals surface area contributed by atoms with E-state index >= 15 is 0 Å². The summed E-state index contributed by atoms with van der Waals surface area (Å²) in [7, 11) is 5.07. The Hall–Kier alpha value is -4.18. The van der Waals surface area contributed by atoms with Gasteiger partial charge in [-0.3, -0.25) is 4.79 Å². The van der Waals surface area contributed by atoms with Crippen LogP contribution in [-0.4, -0.2) is 62.8 Å². The number of ether oxygens (including phenoxy) is 1. The third kappa shape index (κ3) is 9.44. The van der Waals surface area contributed by atoms with Crippen molar-refractivity contribution in [1.29, 1.82) is 0 Å². The highest BCUT2D eigenvalue weighted by atomic mass is 19.4. The molecule has 6 nitrogen and oxygen atoms in total. The molecule has 2 aromatic carbocycles. The number of aromatic nitrogens is 1. The molecule has 1 heterocycles. The normalized spacial score (nSPS) is 12.0. The highest BCUT2D eigenvalue weighted by Crippen LogP contribution is 2.40. The van der Waals surface area contributed by atoms with Gasteiger partial charge in [0.25, 0.3) is 0 Å². The van der Waals surface area contributed by atoms with E-state index in [0.29, 0.717) is 60.8 Å². The Morgan fingerprint density at radius 2 is 1.71 bits per heavy atom. The van der Waals surface area contributed by atoms with Crippen LogP contribution >= 0.6 is 0 Å². The van der Waals surface area contributed by atoms with Crippen LogP contribution in [0.5, 0.6) is 5.88 Å². The molecular formula is C32H36F4N4O2. The smallest absolute Gasteiger partial charge is 0.393 e. The monoisotopic (exact) mass is 584 g/mol. The van der Waals surface area contributed by atoms with Crippen LogP contribution in [0.3, 0.4) is 0 Å². The molecule has 0 saturated carbocycles. The van der Waals surface area contributed by atoms with Gasteiger partial charge in [0.2, 0.25) is 11.8 Å². The number of carbonyl (C=O) groups is 1. The van der Waals surface area contributed by atoms with Gasteiger partial charge < -0.3 is 20.3 Å². The third-order valence-electron chi connectivity index (χ3n) is 6.47. The van der Waals surface area contributed by atoms with Crippen LogP contribution in [0.25, 0.3) is 17.0 Å². The van der Waals surface area contributed by atoms with Gasteiger partial charge in [-0.1, -0.05) is 43.0 Å². The lowest BCUT2D eigenvalue weighted by molar-refractivity contribution is -0.128. The average Bonchev–Trinajstić information content (AvgIpc) is 2.96. The molecule has 42 heavy (non-hydrogen) atoms. The molecular weight excluding hydrogens is 548 g/mol. The number of rotatable bonds is 14. The number of amides is 1. The lowest BCUT2D eigenvalue weighted by Gasteiger charge is -2.20. The second kappa shape index (κ2) is 15.2. The first kappa shape index (κ1) is 32.3. The van der Waals surface area contributed by atoms with Crippen molar-refractivity contribution in [3.8, 4) is 5.88 Å². The summed E-state index contributed by atoms with van der Waals surface area (Å²) < 4.78 is 61.8. The van der Waals surface area contributed by atoms with E-state index in [1.54, 1.807) is 80.6 Å². The fraction of sp³-hybridized carbons (Fsp3) is 0.312. The summed E-state index contributed by atoms with van der Waals surface area (Å²) in [5.74, 6) is -0.333. The first-order valence-corrected chi connectivity index (χ1v) is 13.5. The van der Waals surface area contributed by atoms with Crippen LogP contribution in [0.4, 0.5) is 23.2 Å². The molecule has 10 heteroatoms. The minimum atomic E-state index is -4.50. The van der Waals surface area contributed by atoms with E-state index in [-0.39, 0.29) is 22.6 Å². The maximum Gasteiger partial charge on any atom is 0.393 e. The van der Waals surface area contributed by atoms with E-state index < -0.39 is 18.4 Å². The molecule has 3 aromatic rings. The minimum Gasteiger partial charge on any atom is -0.476 e. The van der Waals surface area contributed by atoms with Gasteiger partial charge in [-0.25, -0.2) is 9.37 Å². The average molecular weight is 585 g/mol. The van der Waals surface area contributed by atoms with E-state index in [0.717, 1.165) is 0 Å². The number of pyridine rings is 1. The van der Waals surface area contributed by atoms with Crippen molar-refractivity contribution in [1.82, 2.24) is 15.2 Å². The van der Waals surface area contributed by atoms with Crippen LogP contribution in [0.1, 0.15) is 41.5 Å². The fourth-order valence-electron chi connectivity index (χ4n) is 4.39. The lowest BCUT2D eigenvalue weighted by Crippen LogP contribution is -2.25. The van der Waals surface area contributed by atoms with Crippen molar-refractivity contribution in [3.05, 3.63) is 95.7 Å². The molecule has 0 bridgehead atoms. The van der Waals surface area contributed by atoms with Gasteiger partial charge in [-0.05, 0) is 53.4 Å². The first-order valence-electron chi connectivity index (χ1n) is 13.5. The predicted octanol–water partition coefficient (Wildman–Crippen LogP) is 6.81. The molecule has 0 aliphatic heterocycles. The van der Waals surface area contributed by atoms with Crippen molar-refractivity contribution < 1.29 is 27.1 Å². The number of nitrogens with zero attached hydrogens (tertiary/aromatic N) is 2. The predicted molar refractivity (Wildman–Crippen MR) is 160 cm³/mol. The summed E-state index contributed by atoms with van der Waals surface area (Å²) >= 11 is 0. The lowest BCUT2D eigenvalue weighted by atomic mass is 9.87. The highest BCUT2D eigenvalue weighted by molar-refractivity contribution is 5.99. The zero-order chi connectivity index (χ0) is 30.7. The zero-order valence-electron chi connectivity index (χ0n) is 24.0. The molecule has 0 radical (unpaired) electrons. The Kier molecular flexibility index (Phi) is 11.7. The van der Waals surface area contributed by atoms with Crippen LogP contribution in [0.2, 0.25) is 0 Å². The molecule has 0 aliphatic carbocycles. The molecule has 1 aromatic heterocycles. The van der Waals surface area contributed by atoms with Gasteiger partial charge in [0.1, 0.15) is 12.4 Å². The van der Waals surface area contributed by atoms with Gasteiger partial charge in [0.15, 0.2) is 0 Å². The Bertz CT molecular complexity index is 1370. The number of benzene rings is 2. The first-order chi connectivity index (χ1) is 20.0. The standard InChI is InChI=1S/C32H36F4N4O2/c1-22(33)26-19-24(12-14-28(26)37-2)31(27(20-32(34,35)36)23-9-6-5-7-10-23)25-13-15-29(39-21-25)42-18-17-38-16-8-11-30(41)40(3)4/h5-7,9-10,12-15,19,21,37-38H,1,8,11,16-18,20H2,2-4H3/b31-27-. The van der Waals surface area contributed by atoms with Crippen molar-refractivity contribution in [3.63, 3.8) is 0 Å². The molecule has 3 rings (SSSR count). The van der Waals surface area contributed by atoms with Gasteiger partial charge in [0, 0.05) is 63.2 Å². The molecule has 0 atom stereocenters. The highest BCUT2D eigenvalue weighted by Gasteiger charge is 2.32. The number of nitrogens with one attached hydrogen (secondary N) is 2. The largest absolute Gasteiger partial charge is 0.476 e. The Morgan fingerprint density at radius 1 is 1.00 bits per heavy atom. The maximum atomic E-state index is 14.4. The summed E-state index contributed by atoms with van der Waals surface area (Å²) in [6.45, 7) is 4.89. The summed E-state index contributed by atoms with van der Waals surface area (Å²) in [6.07, 6.45) is -3.08. The number of alkyl halides is 3. The molecule has 0 unspecified atom stereocenters. The van der Waals surface area contributed by atoms with Gasteiger partial charge in [-0.15, -0.1) is 0 Å². The Labute approximate surface area is 244 Å². The molecule has 1 amide bonds. The molecule has 0 aliphatic rings. The SMILES string of the molecule is C=C(F)c1cc(/C(=C(\CC(F)(F)F)c2ccccc2)c2ccc(OCCNCCCC(=O)N(C)C)nc2)ccc1NC. The molecule has 224 valence electrons. The van der Waals surface area contributed by atoms with Gasteiger partial charge >= 0.3 is 6.18 Å². The summed E-state index contributed by atoms with van der Waals surface area (Å²) in [5.41, 5.74) is 2.11. The van der Waals surface area contributed by atoms with Crippen LogP contribution in [0, 0.1) is 0 Å². The quantitative estimate of drug-likeness (QED) is 0.124. The number of hydrogen-bond donors (Lipinski definition) is 2. The molecule has 0 spiro atoms. The summed E-state index contributed by atoms with van der Waals surface area (Å²) in [6, 6.07) is 16.3. The van der Waals surface area contributed by atoms with E-state index in [2.05, 4.69) is 22.2 Å². The van der Waals surface area contributed by atoms with Crippen molar-refractivity contribution in [2.24, 2.45) is 0 Å². The molecule has 2 N–H and O–H groups in total. The third-order valence-corrected chi connectivity index (χ3v) is 6.47. The second-order valence-electron chi connectivity index (χ2n) is 9.80. The van der Waals surface area contributed by atoms with Crippen LogP contribution in [-0.2, 0) is 4.79 Å². The molecule has 0 saturated heterocycles. The summed E-state index contributed by atoms with van der Waals surface area (Å²) in [5, 5.41) is 6.09. The molecule has 0 fully saturated rings. The van der Waals surface area contributed by atoms with Crippen molar-refractivity contribution in [2.45, 2.75) is 25.4 Å². The number of hydrogen-bond acceptors (Lipinski definition) is 5. The second-order valence-corrected chi connectivity index (χ2v) is 9.80. The van der Waals surface area contributed by atoms with Gasteiger partial charge in [-0.2, -0.15) is 13.2 Å². The summed E-state index contributed by atoms with van der Waals surface area (Å²) in [4.78, 5) is 17.5. The van der Waals surface area contributed by atoms with E-state index in [1.165, 1.54) is 12.3 Å². The van der Waals surface area contributed by atoms with Gasteiger partial charge in [0.05, 0.1) is 6.42 Å². The number of anilines is 1. The van der Waals surface area contributed by atoms with E-state index in [9.17, 15) is 22.4 Å². The number of halogens is 4. The fourth-order valence-corrected chi connectivity index (χ4v) is 4.39. The van der Waals surface area contributed by atoms with Crippen LogP contribution < -0.4 is 15.4 Å². The van der Waals surface area contributed by atoms with Crippen molar-refractivity contribution in [2.75, 3.05) is 46.2 Å². The number of allylic oxidation sites excluding steroid dienone is 1. The topological polar surface area (TPSA) is 66.5 Å². The number of carbonyl (C=O) groups excluding carboxylic acids is 1. The Morgan fingerprint density at radius 3 is 2.31 bits per heavy atom. The Balaban J connectivity index is 1.91. The van der Waals surface area contributed by atoms with Crippen LogP contribution in [0.15, 0.2) is 73.4 Å². The minimum absolute atomic E-state index is 0.0307. The zero-order valence-corrected chi connectivity index (χ0v) is 24.0.